The maximum atomic E-state index is 14.1. The first-order valence-corrected chi connectivity index (χ1v) is 15.4. The van der Waals surface area contributed by atoms with E-state index in [9.17, 15) is 27.6 Å². The molecule has 1 saturated heterocycles. The highest BCUT2D eigenvalue weighted by molar-refractivity contribution is 5.91. The molecule has 0 bridgehead atoms. The predicted molar refractivity (Wildman–Crippen MR) is 163 cm³/mol. The first-order valence-electron chi connectivity index (χ1n) is 15.4. The number of nitrogens with zero attached hydrogens (tertiary/aromatic N) is 2. The fourth-order valence-corrected chi connectivity index (χ4v) is 6.13. The fraction of sp³-hybridized carbons (Fsp3) is 0.576. The van der Waals surface area contributed by atoms with E-state index in [1.165, 1.54) is 30.2 Å². The van der Waals surface area contributed by atoms with Crippen molar-refractivity contribution in [2.75, 3.05) is 13.7 Å². The van der Waals surface area contributed by atoms with Crippen molar-refractivity contribution < 1.29 is 46.5 Å². The van der Waals surface area contributed by atoms with Crippen molar-refractivity contribution in [1.29, 1.82) is 0 Å². The smallest absolute Gasteiger partial charge is 0.483 e. The van der Waals surface area contributed by atoms with Crippen LogP contribution in [0, 0.1) is 6.92 Å². The van der Waals surface area contributed by atoms with Gasteiger partial charge in [-0.1, -0.05) is 18.9 Å². The maximum absolute atomic E-state index is 14.1. The number of allylic oxidation sites excluding steroid dienone is 1. The molecule has 13 heteroatoms. The molecular weight excluding hydrogens is 607 g/mol. The summed E-state index contributed by atoms with van der Waals surface area (Å²) in [4.78, 5) is 45.9. The quantitative estimate of drug-likeness (QED) is 0.181. The van der Waals surface area contributed by atoms with Gasteiger partial charge in [0.2, 0.25) is 5.91 Å². The molecule has 1 spiro atoms. The molecule has 252 valence electrons. The minimum Gasteiger partial charge on any atom is -0.483 e. The van der Waals surface area contributed by atoms with Gasteiger partial charge in [-0.15, -0.1) is 19.8 Å². The number of hydrogen-bond donors (Lipinski definition) is 1. The Hall–Kier alpha value is -4.03. The molecule has 3 atom stereocenters. The van der Waals surface area contributed by atoms with Gasteiger partial charge in [-0.05, 0) is 78.0 Å². The summed E-state index contributed by atoms with van der Waals surface area (Å²) in [5.41, 5.74) is -0.0987. The van der Waals surface area contributed by atoms with E-state index < -0.39 is 47.6 Å². The van der Waals surface area contributed by atoms with Crippen LogP contribution in [-0.4, -0.2) is 71.2 Å². The van der Waals surface area contributed by atoms with Crippen LogP contribution >= 0.6 is 0 Å². The summed E-state index contributed by atoms with van der Waals surface area (Å²) in [5, 5.41) is 3.17. The molecule has 0 radical (unpaired) electrons. The van der Waals surface area contributed by atoms with E-state index in [1.807, 2.05) is 6.08 Å². The monoisotopic (exact) mass is 649 g/mol. The molecule has 10 nitrogen and oxygen atoms in total. The number of benzene rings is 1. The lowest BCUT2D eigenvalue weighted by molar-refractivity contribution is -0.274. The number of aromatic nitrogens is 1. The number of hydrogen-bond acceptors (Lipinski definition) is 8. The van der Waals surface area contributed by atoms with Crippen molar-refractivity contribution in [1.82, 2.24) is 15.2 Å². The lowest BCUT2D eigenvalue weighted by Crippen LogP contribution is -2.53. The molecule has 2 aliphatic rings. The number of alkyl carbamates (subject to hydrolysis) is 1. The number of ether oxygens (including phenoxy) is 4. The Kier molecular flexibility index (Phi) is 10.4. The van der Waals surface area contributed by atoms with Gasteiger partial charge < -0.3 is 29.2 Å². The Morgan fingerprint density at radius 1 is 1.22 bits per heavy atom. The lowest BCUT2D eigenvalue weighted by Gasteiger charge is -2.36. The summed E-state index contributed by atoms with van der Waals surface area (Å²) in [6, 6.07) is 2.02. The minimum absolute atomic E-state index is 0.0305. The Labute approximate surface area is 266 Å². The summed E-state index contributed by atoms with van der Waals surface area (Å²) in [6.07, 6.45) is 0.604. The maximum Gasteiger partial charge on any atom is 0.573 e. The number of alkyl halides is 3. The molecule has 3 heterocycles. The number of nitrogens with one attached hydrogen (secondary N) is 1. The van der Waals surface area contributed by atoms with Crippen LogP contribution in [0.15, 0.2) is 30.9 Å². The number of aryl methyl sites for hydroxylation is 2. The van der Waals surface area contributed by atoms with Gasteiger partial charge in [-0.25, -0.2) is 14.6 Å². The molecule has 2 aromatic rings. The number of carbonyl (C=O) groups excluding carboxylic acids is 3. The number of fused-ring (bicyclic) bond motifs is 3. The zero-order valence-electron chi connectivity index (χ0n) is 26.9. The molecule has 0 saturated carbocycles. The SMILES string of the molecule is C=CCCCCCC(NC(=O)OC(C)(C)C)C(=O)N1CC2(CCc3c(c(C)nc4ccc(OC(F)(F)F)cc34)O2)CC1C(=O)OC. The van der Waals surface area contributed by atoms with Crippen LogP contribution < -0.4 is 14.8 Å². The van der Waals surface area contributed by atoms with Crippen LogP contribution in [0.1, 0.15) is 77.0 Å². The molecule has 2 aliphatic heterocycles. The van der Waals surface area contributed by atoms with Gasteiger partial charge in [0.25, 0.3) is 0 Å². The van der Waals surface area contributed by atoms with Gasteiger partial charge in [0.05, 0.1) is 24.9 Å². The van der Waals surface area contributed by atoms with Crippen molar-refractivity contribution in [3.8, 4) is 11.5 Å². The van der Waals surface area contributed by atoms with E-state index in [-0.39, 0.29) is 18.7 Å². The van der Waals surface area contributed by atoms with Crippen molar-refractivity contribution in [2.24, 2.45) is 0 Å². The highest BCUT2D eigenvalue weighted by atomic mass is 19.4. The Morgan fingerprint density at radius 2 is 1.96 bits per heavy atom. The molecule has 1 fully saturated rings. The summed E-state index contributed by atoms with van der Waals surface area (Å²) in [7, 11) is 1.24. The third-order valence-electron chi connectivity index (χ3n) is 8.11. The normalized spacial score (nSPS) is 20.1. The number of unbranched alkanes of at least 4 members (excludes halogenated alkanes) is 3. The number of methoxy groups -OCH3 is 1. The Bertz CT molecular complexity index is 1470. The number of halogens is 3. The number of pyridine rings is 1. The summed E-state index contributed by atoms with van der Waals surface area (Å²) < 4.78 is 60.0. The van der Waals surface area contributed by atoms with E-state index >= 15 is 0 Å². The zero-order chi connectivity index (χ0) is 33.9. The number of esters is 1. The summed E-state index contributed by atoms with van der Waals surface area (Å²) in [6.45, 7) is 10.7. The highest BCUT2D eigenvalue weighted by Crippen LogP contribution is 2.45. The largest absolute Gasteiger partial charge is 0.573 e. The molecule has 1 aromatic heterocycles. The number of likely N-dealkylation sites (tertiary alicyclic amines) is 1. The minimum atomic E-state index is -4.85. The van der Waals surface area contributed by atoms with E-state index in [0.717, 1.165) is 19.3 Å². The van der Waals surface area contributed by atoms with Crippen molar-refractivity contribution in [3.63, 3.8) is 0 Å². The number of amides is 2. The number of rotatable bonds is 10. The van der Waals surface area contributed by atoms with Crippen LogP contribution in [0.3, 0.4) is 0 Å². The van der Waals surface area contributed by atoms with E-state index in [1.54, 1.807) is 27.7 Å². The second kappa shape index (κ2) is 13.8. The molecule has 1 aromatic carbocycles. The van der Waals surface area contributed by atoms with Gasteiger partial charge in [0, 0.05) is 17.4 Å². The lowest BCUT2D eigenvalue weighted by atomic mass is 9.87. The molecule has 4 rings (SSSR count). The predicted octanol–water partition coefficient (Wildman–Crippen LogP) is 6.31. The zero-order valence-corrected chi connectivity index (χ0v) is 26.9. The van der Waals surface area contributed by atoms with Crippen LogP contribution in [-0.2, 0) is 25.5 Å². The molecule has 46 heavy (non-hydrogen) atoms. The number of carbonyl (C=O) groups is 3. The molecule has 2 amide bonds. The Balaban J connectivity index is 1.62. The second-order valence-corrected chi connectivity index (χ2v) is 12.9. The molecule has 0 aliphatic carbocycles. The topological polar surface area (TPSA) is 116 Å². The van der Waals surface area contributed by atoms with Crippen LogP contribution in [0.2, 0.25) is 0 Å². The third kappa shape index (κ3) is 8.41. The van der Waals surface area contributed by atoms with E-state index in [0.29, 0.717) is 53.6 Å². The molecule has 1 N–H and O–H groups in total. The van der Waals surface area contributed by atoms with Crippen molar-refractivity contribution >= 4 is 28.9 Å². The van der Waals surface area contributed by atoms with Gasteiger partial charge in [0.1, 0.15) is 34.8 Å². The van der Waals surface area contributed by atoms with Crippen LogP contribution in [0.4, 0.5) is 18.0 Å². The molecular formula is C33H42F3N3O7. The van der Waals surface area contributed by atoms with Crippen molar-refractivity contribution in [2.45, 2.75) is 109 Å². The average Bonchev–Trinajstić information content (AvgIpc) is 3.33. The summed E-state index contributed by atoms with van der Waals surface area (Å²) >= 11 is 0. The van der Waals surface area contributed by atoms with Crippen LogP contribution in [0.25, 0.3) is 10.9 Å². The average molecular weight is 650 g/mol. The third-order valence-corrected chi connectivity index (χ3v) is 8.11. The summed E-state index contributed by atoms with van der Waals surface area (Å²) in [5.74, 6) is -1.06. The van der Waals surface area contributed by atoms with Crippen molar-refractivity contribution in [3.05, 3.63) is 42.1 Å². The van der Waals surface area contributed by atoms with Gasteiger partial charge in [0.15, 0.2) is 0 Å². The Morgan fingerprint density at radius 3 is 2.61 bits per heavy atom. The fourth-order valence-electron chi connectivity index (χ4n) is 6.13. The molecule has 3 unspecified atom stereocenters. The van der Waals surface area contributed by atoms with E-state index in [4.69, 9.17) is 14.2 Å². The second-order valence-electron chi connectivity index (χ2n) is 12.9. The standard InChI is InChI=1S/C33H42F3N3O7/c1-7-8-9-10-11-12-25(38-30(42)46-31(3,4)5)28(40)39-19-32(18-26(39)29(41)43-6)16-15-22-23-17-21(44-33(34,35)36)13-14-24(23)37-20(2)27(22)45-32/h7,13-14,17,25-26H,1,8-12,15-16,18-19H2,2-6H3,(H,38,42). The van der Waals surface area contributed by atoms with Crippen LogP contribution in [0.5, 0.6) is 11.5 Å². The van der Waals surface area contributed by atoms with E-state index in [2.05, 4.69) is 21.6 Å². The highest BCUT2D eigenvalue weighted by Gasteiger charge is 2.53. The van der Waals surface area contributed by atoms with Gasteiger partial charge >= 0.3 is 18.4 Å². The first kappa shape index (κ1) is 34.8. The van der Waals surface area contributed by atoms with Gasteiger partial charge in [-0.3, -0.25) is 4.79 Å². The first-order chi connectivity index (χ1) is 21.5. The van der Waals surface area contributed by atoms with Gasteiger partial charge in [-0.2, -0.15) is 0 Å².